The molecule has 0 fully saturated rings. The van der Waals surface area contributed by atoms with Crippen molar-refractivity contribution in [2.24, 2.45) is 7.05 Å². The van der Waals surface area contributed by atoms with Gasteiger partial charge in [0.05, 0.1) is 22.5 Å². The molecule has 0 bridgehead atoms. The van der Waals surface area contributed by atoms with Crippen LogP contribution in [0.15, 0.2) is 65.8 Å². The van der Waals surface area contributed by atoms with Crippen molar-refractivity contribution in [1.29, 1.82) is 0 Å². The van der Waals surface area contributed by atoms with E-state index in [1.807, 2.05) is 49.5 Å². The zero-order chi connectivity index (χ0) is 17.4. The van der Waals surface area contributed by atoms with Crippen LogP contribution in [0.2, 0.25) is 5.02 Å². The molecule has 0 aliphatic rings. The standard InChI is InChI=1S/C18H15ClN4OS/c1-23-18(12-5-3-2-4-6-12)16(10-21-23)22-25(24)17-11-20-15-9-13(19)7-8-14(15)17/h2-11,20,22H,1H3. The van der Waals surface area contributed by atoms with Crippen molar-refractivity contribution in [3.8, 4) is 11.3 Å². The fraction of sp³-hybridized carbons (Fsp3) is 0.0556. The molecule has 0 saturated carbocycles. The number of rotatable bonds is 4. The summed E-state index contributed by atoms with van der Waals surface area (Å²) in [6.45, 7) is 0. The third kappa shape index (κ3) is 2.94. The third-order valence-electron chi connectivity index (χ3n) is 3.99. The summed E-state index contributed by atoms with van der Waals surface area (Å²) in [6.07, 6.45) is 3.43. The largest absolute Gasteiger partial charge is 0.360 e. The van der Waals surface area contributed by atoms with Crippen LogP contribution in [0, 0.1) is 0 Å². The summed E-state index contributed by atoms with van der Waals surface area (Å²) in [5.41, 5.74) is 3.46. The van der Waals surface area contributed by atoms with Gasteiger partial charge >= 0.3 is 0 Å². The molecule has 4 aromatic rings. The van der Waals surface area contributed by atoms with Gasteiger partial charge in [0.15, 0.2) is 11.0 Å². The maximum Gasteiger partial charge on any atom is 0.152 e. The second-order valence-electron chi connectivity index (χ2n) is 5.61. The number of aromatic nitrogens is 3. The van der Waals surface area contributed by atoms with Crippen LogP contribution >= 0.6 is 11.6 Å². The van der Waals surface area contributed by atoms with E-state index in [4.69, 9.17) is 11.6 Å². The minimum atomic E-state index is -1.43. The fourth-order valence-electron chi connectivity index (χ4n) is 2.83. The SMILES string of the molecule is Cn1ncc(NS(=O)c2c[nH]c3cc(Cl)ccc23)c1-c1ccccc1. The summed E-state index contributed by atoms with van der Waals surface area (Å²) in [5.74, 6) is 0. The van der Waals surface area contributed by atoms with Crippen molar-refractivity contribution < 1.29 is 4.21 Å². The van der Waals surface area contributed by atoms with E-state index in [1.54, 1.807) is 23.1 Å². The summed E-state index contributed by atoms with van der Waals surface area (Å²) < 4.78 is 17.7. The summed E-state index contributed by atoms with van der Waals surface area (Å²) >= 11 is 6.01. The van der Waals surface area contributed by atoms with Crippen molar-refractivity contribution in [2.75, 3.05) is 4.72 Å². The molecule has 5 nitrogen and oxygen atoms in total. The zero-order valence-electron chi connectivity index (χ0n) is 13.4. The summed E-state index contributed by atoms with van der Waals surface area (Å²) in [7, 11) is 0.432. The number of benzene rings is 2. The van der Waals surface area contributed by atoms with Gasteiger partial charge in [-0.3, -0.25) is 9.40 Å². The van der Waals surface area contributed by atoms with Gasteiger partial charge < -0.3 is 4.98 Å². The normalized spacial score (nSPS) is 12.4. The minimum absolute atomic E-state index is 0.637. The van der Waals surface area contributed by atoms with E-state index in [1.165, 1.54) is 0 Å². The summed E-state index contributed by atoms with van der Waals surface area (Å²) in [6, 6.07) is 15.4. The number of halogens is 1. The molecule has 0 aliphatic heterocycles. The van der Waals surface area contributed by atoms with E-state index in [0.717, 1.165) is 27.8 Å². The molecule has 4 rings (SSSR count). The zero-order valence-corrected chi connectivity index (χ0v) is 14.9. The Hall–Kier alpha value is -2.57. The van der Waals surface area contributed by atoms with Crippen LogP contribution in [0.3, 0.4) is 0 Å². The maximum atomic E-state index is 12.9. The highest BCUT2D eigenvalue weighted by molar-refractivity contribution is 7.86. The van der Waals surface area contributed by atoms with Crippen LogP contribution in [0.4, 0.5) is 5.69 Å². The van der Waals surface area contributed by atoms with Crippen molar-refractivity contribution in [2.45, 2.75) is 4.90 Å². The number of aromatic amines is 1. The third-order valence-corrected chi connectivity index (χ3v) is 5.37. The van der Waals surface area contributed by atoms with Gasteiger partial charge in [-0.25, -0.2) is 4.21 Å². The molecular formula is C18H15ClN4OS. The number of H-pyrrole nitrogens is 1. The number of hydrogen-bond acceptors (Lipinski definition) is 2. The molecule has 1 unspecified atom stereocenters. The first kappa shape index (κ1) is 15.9. The quantitative estimate of drug-likeness (QED) is 0.560. The lowest BCUT2D eigenvalue weighted by atomic mass is 10.1. The molecule has 2 aromatic heterocycles. The van der Waals surface area contributed by atoms with Gasteiger partial charge in [-0.2, -0.15) is 5.10 Å². The molecule has 25 heavy (non-hydrogen) atoms. The molecule has 0 aliphatic carbocycles. The Kier molecular flexibility index (Phi) is 4.07. The number of aryl methyl sites for hydroxylation is 1. The van der Waals surface area contributed by atoms with Crippen LogP contribution < -0.4 is 4.72 Å². The lowest BCUT2D eigenvalue weighted by Crippen LogP contribution is -2.05. The topological polar surface area (TPSA) is 62.7 Å². The number of fused-ring (bicyclic) bond motifs is 1. The lowest BCUT2D eigenvalue weighted by molar-refractivity contribution is 0.687. The van der Waals surface area contributed by atoms with Crippen molar-refractivity contribution in [3.63, 3.8) is 0 Å². The fourth-order valence-corrected chi connectivity index (χ4v) is 4.01. The molecule has 2 heterocycles. The number of hydrogen-bond donors (Lipinski definition) is 2. The molecule has 1 atom stereocenters. The highest BCUT2D eigenvalue weighted by Crippen LogP contribution is 2.30. The molecule has 0 radical (unpaired) electrons. The first-order valence-electron chi connectivity index (χ1n) is 7.66. The van der Waals surface area contributed by atoms with Crippen molar-refractivity contribution in [3.05, 3.63) is 65.9 Å². The molecule has 0 saturated heterocycles. The van der Waals surface area contributed by atoms with E-state index in [-0.39, 0.29) is 0 Å². The molecular weight excluding hydrogens is 356 g/mol. The first-order chi connectivity index (χ1) is 12.1. The van der Waals surface area contributed by atoms with Gasteiger partial charge in [0.1, 0.15) is 0 Å². The van der Waals surface area contributed by atoms with Gasteiger partial charge in [-0.1, -0.05) is 48.0 Å². The van der Waals surface area contributed by atoms with Crippen LogP contribution in [0.25, 0.3) is 22.2 Å². The lowest BCUT2D eigenvalue weighted by Gasteiger charge is -2.08. The van der Waals surface area contributed by atoms with Crippen LogP contribution in [0.1, 0.15) is 0 Å². The van der Waals surface area contributed by atoms with Gasteiger partial charge in [0.25, 0.3) is 0 Å². The second kappa shape index (κ2) is 6.38. The minimum Gasteiger partial charge on any atom is -0.360 e. The Morgan fingerprint density at radius 1 is 1.20 bits per heavy atom. The summed E-state index contributed by atoms with van der Waals surface area (Å²) in [4.78, 5) is 3.78. The molecule has 0 spiro atoms. The van der Waals surface area contributed by atoms with Gasteiger partial charge in [-0.15, -0.1) is 0 Å². The average Bonchev–Trinajstić information content (AvgIpc) is 3.19. The Labute approximate surface area is 152 Å². The van der Waals surface area contributed by atoms with E-state index >= 15 is 0 Å². The number of nitrogens with one attached hydrogen (secondary N) is 2. The average molecular weight is 371 g/mol. The van der Waals surface area contributed by atoms with Crippen molar-refractivity contribution >= 4 is 39.2 Å². The Balaban J connectivity index is 1.70. The van der Waals surface area contributed by atoms with Crippen LogP contribution in [-0.2, 0) is 18.0 Å². The monoisotopic (exact) mass is 370 g/mol. The molecule has 7 heteroatoms. The Morgan fingerprint density at radius 3 is 2.80 bits per heavy atom. The molecule has 2 N–H and O–H groups in total. The van der Waals surface area contributed by atoms with Gasteiger partial charge in [0, 0.05) is 34.7 Å². The summed E-state index contributed by atoms with van der Waals surface area (Å²) in [5, 5.41) is 5.81. The van der Waals surface area contributed by atoms with Crippen LogP contribution in [0.5, 0.6) is 0 Å². The number of anilines is 1. The van der Waals surface area contributed by atoms with Gasteiger partial charge in [-0.05, 0) is 12.1 Å². The second-order valence-corrected chi connectivity index (χ2v) is 7.23. The van der Waals surface area contributed by atoms with E-state index in [0.29, 0.717) is 9.92 Å². The molecule has 0 amide bonds. The van der Waals surface area contributed by atoms with E-state index in [2.05, 4.69) is 14.8 Å². The van der Waals surface area contributed by atoms with Crippen LogP contribution in [-0.4, -0.2) is 19.0 Å². The smallest absolute Gasteiger partial charge is 0.152 e. The van der Waals surface area contributed by atoms with Crippen molar-refractivity contribution in [1.82, 2.24) is 14.8 Å². The predicted molar refractivity (Wildman–Crippen MR) is 102 cm³/mol. The predicted octanol–water partition coefficient (Wildman–Crippen LogP) is 4.36. The number of nitrogens with zero attached hydrogens (tertiary/aromatic N) is 2. The maximum absolute atomic E-state index is 12.9. The van der Waals surface area contributed by atoms with E-state index in [9.17, 15) is 4.21 Å². The first-order valence-corrected chi connectivity index (χ1v) is 9.19. The highest BCUT2D eigenvalue weighted by atomic mass is 35.5. The molecule has 126 valence electrons. The highest BCUT2D eigenvalue weighted by Gasteiger charge is 2.16. The van der Waals surface area contributed by atoms with E-state index < -0.39 is 11.0 Å². The Bertz CT molecular complexity index is 1070. The Morgan fingerprint density at radius 2 is 2.00 bits per heavy atom. The van der Waals surface area contributed by atoms with Gasteiger partial charge in [0.2, 0.25) is 0 Å². The molecule has 2 aromatic carbocycles.